The Morgan fingerprint density at radius 2 is 1.56 bits per heavy atom. The lowest BCUT2D eigenvalue weighted by atomic mass is 9.77. The van der Waals surface area contributed by atoms with Crippen LogP contribution in [0.4, 0.5) is 0 Å². The van der Waals surface area contributed by atoms with E-state index in [1.807, 2.05) is 54.6 Å². The summed E-state index contributed by atoms with van der Waals surface area (Å²) in [6, 6.07) is 25.3. The fourth-order valence-corrected chi connectivity index (χ4v) is 4.92. The average Bonchev–Trinajstić information content (AvgIpc) is 3.30. The van der Waals surface area contributed by atoms with E-state index in [0.717, 1.165) is 47.6 Å². The molecule has 1 fully saturated rings. The Hall–Kier alpha value is -3.86. The number of hydrazone groups is 1. The molecular formula is C29H28N2O3. The Balaban J connectivity index is 1.55. The summed E-state index contributed by atoms with van der Waals surface area (Å²) in [6.07, 6.45) is 5.20. The van der Waals surface area contributed by atoms with Crippen molar-refractivity contribution in [1.29, 1.82) is 0 Å². The molecule has 2 aliphatic rings. The maximum atomic E-state index is 13.6. The molecule has 3 aromatic carbocycles. The van der Waals surface area contributed by atoms with Crippen molar-refractivity contribution in [3.05, 3.63) is 101 Å². The van der Waals surface area contributed by atoms with Gasteiger partial charge in [-0.05, 0) is 78.4 Å². The van der Waals surface area contributed by atoms with Crippen molar-refractivity contribution < 1.29 is 14.3 Å². The van der Waals surface area contributed by atoms with Crippen LogP contribution in [0.2, 0.25) is 0 Å². The molecule has 5 nitrogen and oxygen atoms in total. The number of allylic oxidation sites excluding steroid dienone is 1. The number of hydrogen-bond acceptors (Lipinski definition) is 4. The van der Waals surface area contributed by atoms with Gasteiger partial charge in [0.15, 0.2) is 0 Å². The van der Waals surface area contributed by atoms with Crippen LogP contribution in [0, 0.1) is 5.92 Å². The molecule has 0 saturated heterocycles. The fraction of sp³-hybridized carbons (Fsp3) is 0.241. The number of carbonyl (C=O) groups is 1. The third-order valence-electron chi connectivity index (χ3n) is 6.64. The number of benzene rings is 3. The second-order valence-corrected chi connectivity index (χ2v) is 8.66. The number of amides is 1. The zero-order valence-corrected chi connectivity index (χ0v) is 19.5. The van der Waals surface area contributed by atoms with Gasteiger partial charge >= 0.3 is 0 Å². The maximum absolute atomic E-state index is 13.6. The lowest BCUT2D eigenvalue weighted by molar-refractivity contribution is 0.0681. The molecular weight excluding hydrogens is 424 g/mol. The highest BCUT2D eigenvalue weighted by molar-refractivity contribution is 6.09. The SMILES string of the molecule is COc1ccc(/C=C2\CCC[C@@H]3C2=NN(C(=O)c2ccccc2)[C@H]3c2ccc(OC)cc2)cc1. The first-order chi connectivity index (χ1) is 16.7. The molecule has 0 N–H and O–H groups in total. The van der Waals surface area contributed by atoms with Crippen LogP contribution in [0.15, 0.2) is 89.5 Å². The molecule has 5 heteroatoms. The minimum absolute atomic E-state index is 0.0767. The summed E-state index contributed by atoms with van der Waals surface area (Å²) in [5.74, 6) is 1.71. The molecule has 0 radical (unpaired) electrons. The predicted octanol–water partition coefficient (Wildman–Crippen LogP) is 6.14. The monoisotopic (exact) mass is 452 g/mol. The summed E-state index contributed by atoms with van der Waals surface area (Å²) >= 11 is 0. The fourth-order valence-electron chi connectivity index (χ4n) is 4.92. The molecule has 3 aromatic rings. The lowest BCUT2D eigenvalue weighted by Crippen LogP contribution is -2.31. The Labute approximate surface area is 200 Å². The van der Waals surface area contributed by atoms with Gasteiger partial charge < -0.3 is 9.47 Å². The molecule has 34 heavy (non-hydrogen) atoms. The van der Waals surface area contributed by atoms with Gasteiger partial charge in [0.2, 0.25) is 0 Å². The van der Waals surface area contributed by atoms with Gasteiger partial charge in [-0.1, -0.05) is 42.5 Å². The number of fused-ring (bicyclic) bond motifs is 1. The van der Waals surface area contributed by atoms with Gasteiger partial charge in [0.25, 0.3) is 5.91 Å². The van der Waals surface area contributed by atoms with Gasteiger partial charge in [-0.25, -0.2) is 5.01 Å². The van der Waals surface area contributed by atoms with Gasteiger partial charge in [-0.15, -0.1) is 0 Å². The molecule has 1 amide bonds. The van der Waals surface area contributed by atoms with Crippen molar-refractivity contribution >= 4 is 17.7 Å². The maximum Gasteiger partial charge on any atom is 0.274 e. The van der Waals surface area contributed by atoms with E-state index in [2.05, 4.69) is 30.3 Å². The average molecular weight is 453 g/mol. The minimum Gasteiger partial charge on any atom is -0.497 e. The Bertz CT molecular complexity index is 1210. The van der Waals surface area contributed by atoms with Crippen molar-refractivity contribution in [1.82, 2.24) is 5.01 Å². The third kappa shape index (κ3) is 4.21. The first-order valence-corrected chi connectivity index (χ1v) is 11.6. The molecule has 172 valence electrons. The van der Waals surface area contributed by atoms with Crippen LogP contribution >= 0.6 is 0 Å². The van der Waals surface area contributed by atoms with Crippen LogP contribution in [-0.2, 0) is 0 Å². The van der Waals surface area contributed by atoms with Crippen molar-refractivity contribution in [2.24, 2.45) is 11.0 Å². The summed E-state index contributed by atoms with van der Waals surface area (Å²) in [6.45, 7) is 0. The summed E-state index contributed by atoms with van der Waals surface area (Å²) in [7, 11) is 3.33. The van der Waals surface area contributed by atoms with Crippen LogP contribution in [0.1, 0.15) is 46.8 Å². The van der Waals surface area contributed by atoms with Crippen LogP contribution in [0.25, 0.3) is 6.08 Å². The second-order valence-electron chi connectivity index (χ2n) is 8.66. The number of rotatable bonds is 5. The quantitative estimate of drug-likeness (QED) is 0.467. The number of carbonyl (C=O) groups excluding carboxylic acids is 1. The zero-order valence-electron chi connectivity index (χ0n) is 19.5. The first-order valence-electron chi connectivity index (χ1n) is 11.6. The molecule has 1 saturated carbocycles. The smallest absolute Gasteiger partial charge is 0.274 e. The Morgan fingerprint density at radius 3 is 2.21 bits per heavy atom. The van der Waals surface area contributed by atoms with Crippen molar-refractivity contribution in [2.75, 3.05) is 14.2 Å². The van der Waals surface area contributed by atoms with Gasteiger partial charge in [0.05, 0.1) is 26.0 Å². The van der Waals surface area contributed by atoms with E-state index in [9.17, 15) is 4.79 Å². The molecule has 1 aliphatic heterocycles. The van der Waals surface area contributed by atoms with E-state index in [1.165, 1.54) is 5.57 Å². The first kappa shape index (κ1) is 22.0. The third-order valence-corrected chi connectivity index (χ3v) is 6.64. The molecule has 5 rings (SSSR count). The molecule has 2 atom stereocenters. The highest BCUT2D eigenvalue weighted by Gasteiger charge is 2.43. The van der Waals surface area contributed by atoms with Crippen molar-refractivity contribution in [3.8, 4) is 11.5 Å². The number of nitrogens with zero attached hydrogens (tertiary/aromatic N) is 2. The Morgan fingerprint density at radius 1 is 0.912 bits per heavy atom. The number of methoxy groups -OCH3 is 2. The lowest BCUT2D eigenvalue weighted by Gasteiger charge is -2.29. The second kappa shape index (κ2) is 9.56. The van der Waals surface area contributed by atoms with Crippen molar-refractivity contribution in [2.45, 2.75) is 25.3 Å². The Kier molecular flexibility index (Phi) is 6.17. The molecule has 1 heterocycles. The van der Waals surface area contributed by atoms with Gasteiger partial charge in [-0.3, -0.25) is 4.79 Å². The summed E-state index contributed by atoms with van der Waals surface area (Å²) < 4.78 is 10.6. The topological polar surface area (TPSA) is 51.1 Å². The standard InChI is InChI=1S/C29H28N2O3/c1-33-24-15-11-20(12-16-24)19-23-9-6-10-26-27(23)30-31(29(32)22-7-4-3-5-8-22)28(26)21-13-17-25(34-2)18-14-21/h3-5,7-8,11-19,26,28H,6,9-10H2,1-2H3/b23-19+/t26-,28+/m1/s1. The summed E-state index contributed by atoms with van der Waals surface area (Å²) in [5, 5.41) is 6.67. The van der Waals surface area contributed by atoms with E-state index in [1.54, 1.807) is 19.2 Å². The van der Waals surface area contributed by atoms with E-state index < -0.39 is 0 Å². The van der Waals surface area contributed by atoms with E-state index in [0.29, 0.717) is 5.56 Å². The molecule has 1 aliphatic carbocycles. The van der Waals surface area contributed by atoms with Gasteiger partial charge in [-0.2, -0.15) is 5.10 Å². The molecule has 0 spiro atoms. The van der Waals surface area contributed by atoms with E-state index >= 15 is 0 Å². The molecule has 0 unspecified atom stereocenters. The summed E-state index contributed by atoms with van der Waals surface area (Å²) in [5.41, 5.74) is 5.03. The van der Waals surface area contributed by atoms with E-state index in [4.69, 9.17) is 14.6 Å². The molecule has 0 bridgehead atoms. The highest BCUT2D eigenvalue weighted by atomic mass is 16.5. The van der Waals surface area contributed by atoms with Crippen LogP contribution in [0.3, 0.4) is 0 Å². The largest absolute Gasteiger partial charge is 0.497 e. The zero-order chi connectivity index (χ0) is 23.5. The predicted molar refractivity (Wildman–Crippen MR) is 134 cm³/mol. The minimum atomic E-state index is -0.145. The highest BCUT2D eigenvalue weighted by Crippen LogP contribution is 2.45. The molecule has 0 aromatic heterocycles. The van der Waals surface area contributed by atoms with Crippen molar-refractivity contribution in [3.63, 3.8) is 0 Å². The van der Waals surface area contributed by atoms with E-state index in [-0.39, 0.29) is 17.9 Å². The summed E-state index contributed by atoms with van der Waals surface area (Å²) in [4.78, 5) is 13.6. The van der Waals surface area contributed by atoms with Crippen LogP contribution in [0.5, 0.6) is 11.5 Å². The number of ether oxygens (including phenoxy) is 2. The van der Waals surface area contributed by atoms with Crippen LogP contribution in [-0.4, -0.2) is 30.8 Å². The van der Waals surface area contributed by atoms with Gasteiger partial charge in [0, 0.05) is 11.5 Å². The van der Waals surface area contributed by atoms with Gasteiger partial charge in [0.1, 0.15) is 11.5 Å². The number of hydrogen-bond donors (Lipinski definition) is 0. The normalized spacial score (nSPS) is 20.6. The van der Waals surface area contributed by atoms with Crippen LogP contribution < -0.4 is 9.47 Å².